The van der Waals surface area contributed by atoms with Gasteiger partial charge in [-0.25, -0.2) is 0 Å². The molecule has 21 heavy (non-hydrogen) atoms. The molecule has 0 spiro atoms. The third-order valence-corrected chi connectivity index (χ3v) is 5.37. The summed E-state index contributed by atoms with van der Waals surface area (Å²) in [6.07, 6.45) is 0. The summed E-state index contributed by atoms with van der Waals surface area (Å²) >= 11 is 8.94. The van der Waals surface area contributed by atoms with Crippen LogP contribution in [-0.4, -0.2) is 23.6 Å². The van der Waals surface area contributed by atoms with E-state index in [0.29, 0.717) is 12.3 Å². The van der Waals surface area contributed by atoms with E-state index in [0.717, 1.165) is 25.4 Å². The number of rotatable bonds is 5. The summed E-state index contributed by atoms with van der Waals surface area (Å²) in [5.41, 5.74) is 7.57. The quantitative estimate of drug-likeness (QED) is 0.660. The van der Waals surface area contributed by atoms with Gasteiger partial charge in [0, 0.05) is 22.5 Å². The van der Waals surface area contributed by atoms with Crippen molar-refractivity contribution in [2.45, 2.75) is 18.4 Å². The van der Waals surface area contributed by atoms with Crippen LogP contribution >= 0.6 is 34.7 Å². The Morgan fingerprint density at radius 3 is 2.76 bits per heavy atom. The van der Waals surface area contributed by atoms with Crippen molar-refractivity contribution in [2.75, 3.05) is 18.5 Å². The minimum absolute atomic E-state index is 0.0979. The predicted octanol–water partition coefficient (Wildman–Crippen LogP) is 4.04. The van der Waals surface area contributed by atoms with Gasteiger partial charge in [0.05, 0.1) is 16.6 Å². The fourth-order valence-corrected chi connectivity index (χ4v) is 3.93. The number of hydrogen-bond donors (Lipinski definition) is 1. The Morgan fingerprint density at radius 1 is 1.38 bits per heavy atom. The first-order chi connectivity index (χ1) is 9.95. The Balaban J connectivity index is 1.89. The number of nitrogen functional groups attached to an aromatic ring is 1. The summed E-state index contributed by atoms with van der Waals surface area (Å²) < 4.78 is 0.748. The van der Waals surface area contributed by atoms with Crippen LogP contribution in [0.2, 0.25) is 4.34 Å². The number of carbonyl (C=O) groups is 1. The topological polar surface area (TPSA) is 46.3 Å². The highest BCUT2D eigenvalue weighted by Crippen LogP contribution is 2.25. The minimum Gasteiger partial charge on any atom is -0.399 e. The van der Waals surface area contributed by atoms with Gasteiger partial charge in [-0.15, -0.1) is 23.1 Å². The van der Waals surface area contributed by atoms with Crippen molar-refractivity contribution < 1.29 is 4.79 Å². The largest absolute Gasteiger partial charge is 0.399 e. The number of hydrogen-bond acceptors (Lipinski definition) is 4. The number of carbonyl (C=O) groups excluding carboxylic acids is 1. The Labute approximate surface area is 138 Å². The van der Waals surface area contributed by atoms with E-state index >= 15 is 0 Å². The molecule has 3 nitrogen and oxygen atoms in total. The average molecular weight is 341 g/mol. The highest BCUT2D eigenvalue weighted by atomic mass is 35.5. The van der Waals surface area contributed by atoms with Crippen LogP contribution in [0.15, 0.2) is 35.2 Å². The molecule has 0 atom stereocenters. The molecule has 0 aliphatic heterocycles. The van der Waals surface area contributed by atoms with Crippen molar-refractivity contribution in [1.82, 2.24) is 4.90 Å². The highest BCUT2D eigenvalue weighted by molar-refractivity contribution is 8.00. The van der Waals surface area contributed by atoms with Crippen molar-refractivity contribution >= 4 is 46.3 Å². The second kappa shape index (κ2) is 7.20. The Morgan fingerprint density at radius 2 is 2.14 bits per heavy atom. The van der Waals surface area contributed by atoms with E-state index in [4.69, 9.17) is 17.3 Å². The molecule has 0 radical (unpaired) electrons. The van der Waals surface area contributed by atoms with Crippen molar-refractivity contribution in [1.29, 1.82) is 0 Å². The molecule has 2 N–H and O–H groups in total. The maximum absolute atomic E-state index is 12.2. The zero-order chi connectivity index (χ0) is 15.4. The Bertz CT molecular complexity index is 642. The van der Waals surface area contributed by atoms with Crippen molar-refractivity contribution in [3.8, 4) is 0 Å². The lowest BCUT2D eigenvalue weighted by Gasteiger charge is -2.16. The molecule has 0 saturated heterocycles. The molecule has 1 aromatic heterocycles. The van der Waals surface area contributed by atoms with Crippen molar-refractivity contribution in [3.05, 3.63) is 45.1 Å². The highest BCUT2D eigenvalue weighted by Gasteiger charge is 2.12. The molecule has 112 valence electrons. The maximum Gasteiger partial charge on any atom is 0.233 e. The number of aryl methyl sites for hydroxylation is 1. The number of amides is 1. The van der Waals surface area contributed by atoms with E-state index in [-0.39, 0.29) is 5.91 Å². The molecule has 0 unspecified atom stereocenters. The summed E-state index contributed by atoms with van der Waals surface area (Å²) in [7, 11) is 1.81. The second-order valence-electron chi connectivity index (χ2n) is 4.77. The standard InChI is InChI=1S/C15H17ClN2OS2/c1-10-7-11(17)3-5-13(10)20-9-15(19)18(2)8-12-4-6-14(16)21-12/h3-7H,8-9,17H2,1-2H3. The van der Waals surface area contributed by atoms with Gasteiger partial charge in [0.2, 0.25) is 5.91 Å². The third-order valence-electron chi connectivity index (χ3n) is 3.00. The fraction of sp³-hybridized carbons (Fsp3) is 0.267. The number of nitrogens with two attached hydrogens (primary N) is 1. The molecule has 0 aliphatic carbocycles. The van der Waals surface area contributed by atoms with Gasteiger partial charge in [-0.3, -0.25) is 4.79 Å². The van der Waals surface area contributed by atoms with Crippen LogP contribution < -0.4 is 5.73 Å². The van der Waals surface area contributed by atoms with Crippen molar-refractivity contribution in [3.63, 3.8) is 0 Å². The molecule has 0 saturated carbocycles. The first-order valence-electron chi connectivity index (χ1n) is 6.43. The average Bonchev–Trinajstić information content (AvgIpc) is 2.82. The molecule has 6 heteroatoms. The lowest BCUT2D eigenvalue weighted by molar-refractivity contribution is -0.127. The number of anilines is 1. The van der Waals surface area contributed by atoms with Crippen molar-refractivity contribution in [2.24, 2.45) is 0 Å². The maximum atomic E-state index is 12.2. The molecule has 1 amide bonds. The molecule has 2 aromatic rings. The Kier molecular flexibility index (Phi) is 5.56. The minimum atomic E-state index is 0.0979. The van der Waals surface area contributed by atoms with Gasteiger partial charge in [-0.1, -0.05) is 11.6 Å². The monoisotopic (exact) mass is 340 g/mol. The number of nitrogens with zero attached hydrogens (tertiary/aromatic N) is 1. The summed E-state index contributed by atoms with van der Waals surface area (Å²) in [6.45, 7) is 2.60. The number of thioether (sulfide) groups is 1. The lowest BCUT2D eigenvalue weighted by Crippen LogP contribution is -2.27. The Hall–Kier alpha value is -1.17. The molecule has 1 aromatic carbocycles. The van der Waals surface area contributed by atoms with E-state index < -0.39 is 0 Å². The summed E-state index contributed by atoms with van der Waals surface area (Å²) in [6, 6.07) is 9.55. The van der Waals surface area contributed by atoms with Crippen LogP contribution in [0, 0.1) is 6.92 Å². The van der Waals surface area contributed by atoms with E-state index in [9.17, 15) is 4.79 Å². The summed E-state index contributed by atoms with van der Waals surface area (Å²) in [4.78, 5) is 16.1. The van der Waals surface area contributed by atoms with Crippen LogP contribution in [0.1, 0.15) is 10.4 Å². The molecule has 0 aliphatic rings. The van der Waals surface area contributed by atoms with Gasteiger partial charge in [0.15, 0.2) is 0 Å². The van der Waals surface area contributed by atoms with Crippen LogP contribution in [0.5, 0.6) is 0 Å². The number of halogens is 1. The molecular formula is C15H17ClN2OS2. The molecule has 0 bridgehead atoms. The van der Waals surface area contributed by atoms with Crippen LogP contribution in [-0.2, 0) is 11.3 Å². The normalized spacial score (nSPS) is 10.6. The third kappa shape index (κ3) is 4.66. The van der Waals surface area contributed by atoms with E-state index in [2.05, 4.69) is 0 Å². The lowest BCUT2D eigenvalue weighted by atomic mass is 10.2. The first kappa shape index (κ1) is 16.2. The number of thiophene rings is 1. The van der Waals surface area contributed by atoms with Crippen LogP contribution in [0.25, 0.3) is 0 Å². The van der Waals surface area contributed by atoms with Crippen LogP contribution in [0.3, 0.4) is 0 Å². The fourth-order valence-electron chi connectivity index (χ4n) is 1.84. The number of benzene rings is 1. The summed E-state index contributed by atoms with van der Waals surface area (Å²) in [5.74, 6) is 0.515. The smallest absolute Gasteiger partial charge is 0.233 e. The molecule has 2 rings (SSSR count). The van der Waals surface area contributed by atoms with Gasteiger partial charge in [0.25, 0.3) is 0 Å². The van der Waals surface area contributed by atoms with Crippen LogP contribution in [0.4, 0.5) is 5.69 Å². The molecular weight excluding hydrogens is 324 g/mol. The first-order valence-corrected chi connectivity index (χ1v) is 8.61. The van der Waals surface area contributed by atoms with Gasteiger partial charge < -0.3 is 10.6 Å². The van der Waals surface area contributed by atoms with E-state index in [1.165, 1.54) is 23.1 Å². The second-order valence-corrected chi connectivity index (χ2v) is 7.59. The zero-order valence-corrected chi connectivity index (χ0v) is 14.3. The molecule has 0 fully saturated rings. The van der Waals surface area contributed by atoms with E-state index in [1.807, 2.05) is 44.3 Å². The predicted molar refractivity (Wildman–Crippen MR) is 92.1 cm³/mol. The van der Waals surface area contributed by atoms with Gasteiger partial charge >= 0.3 is 0 Å². The summed E-state index contributed by atoms with van der Waals surface area (Å²) in [5, 5.41) is 0. The zero-order valence-electron chi connectivity index (χ0n) is 11.9. The van der Waals surface area contributed by atoms with Gasteiger partial charge in [-0.05, 0) is 42.8 Å². The van der Waals surface area contributed by atoms with Gasteiger partial charge in [-0.2, -0.15) is 0 Å². The SMILES string of the molecule is Cc1cc(N)ccc1SCC(=O)N(C)Cc1ccc(Cl)s1. The van der Waals surface area contributed by atoms with Gasteiger partial charge in [0.1, 0.15) is 0 Å². The van der Waals surface area contributed by atoms with E-state index in [1.54, 1.807) is 4.90 Å². The molecule has 1 heterocycles.